The Morgan fingerprint density at radius 3 is 3.00 bits per heavy atom. The first-order chi connectivity index (χ1) is 9.65. The highest BCUT2D eigenvalue weighted by molar-refractivity contribution is 6.30. The lowest BCUT2D eigenvalue weighted by atomic mass is 10.0. The predicted molar refractivity (Wildman–Crippen MR) is 77.9 cm³/mol. The zero-order chi connectivity index (χ0) is 14.1. The number of β-amino-alcohol motifs (C(OH)–C–C–N with tert-alkyl or cyclic N) is 1. The molecule has 104 valence electrons. The highest BCUT2D eigenvalue weighted by Crippen LogP contribution is 2.23. The Morgan fingerprint density at radius 2 is 2.20 bits per heavy atom. The molecule has 0 bridgehead atoms. The van der Waals surface area contributed by atoms with Gasteiger partial charge in [-0.05, 0) is 25.0 Å². The average Bonchev–Trinajstić information content (AvgIpc) is 2.45. The third-order valence-electron chi connectivity index (χ3n) is 3.60. The summed E-state index contributed by atoms with van der Waals surface area (Å²) in [7, 11) is 0. The van der Waals surface area contributed by atoms with E-state index in [1.165, 1.54) is 0 Å². The van der Waals surface area contributed by atoms with Gasteiger partial charge in [0.05, 0.1) is 17.2 Å². The summed E-state index contributed by atoms with van der Waals surface area (Å²) in [5.74, 6) is -0.0933. The number of piperidine rings is 1. The summed E-state index contributed by atoms with van der Waals surface area (Å²) < 4.78 is 0. The molecule has 1 atom stereocenters. The van der Waals surface area contributed by atoms with E-state index >= 15 is 0 Å². The quantitative estimate of drug-likeness (QED) is 0.821. The Labute approximate surface area is 122 Å². The number of aliphatic hydroxyl groups is 1. The van der Waals surface area contributed by atoms with E-state index in [4.69, 9.17) is 11.6 Å². The van der Waals surface area contributed by atoms with E-state index < -0.39 is 6.10 Å². The number of aromatic nitrogens is 1. The van der Waals surface area contributed by atoms with Crippen LogP contribution in [0.15, 0.2) is 30.3 Å². The van der Waals surface area contributed by atoms with Crippen molar-refractivity contribution >= 4 is 28.4 Å². The Bertz CT molecular complexity index is 659. The molecule has 0 aliphatic carbocycles. The highest BCUT2D eigenvalue weighted by Gasteiger charge is 2.24. The molecule has 1 aromatic carbocycles. The first kappa shape index (κ1) is 13.3. The van der Waals surface area contributed by atoms with Crippen LogP contribution in [-0.4, -0.2) is 40.1 Å². The second-order valence-electron chi connectivity index (χ2n) is 5.06. The van der Waals surface area contributed by atoms with Gasteiger partial charge >= 0.3 is 0 Å². The predicted octanol–water partition coefficient (Wildman–Crippen LogP) is 2.49. The van der Waals surface area contributed by atoms with E-state index in [0.29, 0.717) is 29.3 Å². The largest absolute Gasteiger partial charge is 0.391 e. The van der Waals surface area contributed by atoms with E-state index in [9.17, 15) is 9.90 Å². The number of carbonyl (C=O) groups is 1. The normalized spacial score (nSPS) is 19.3. The van der Waals surface area contributed by atoms with Crippen molar-refractivity contribution in [1.82, 2.24) is 9.88 Å². The van der Waals surface area contributed by atoms with Gasteiger partial charge in [-0.1, -0.05) is 29.8 Å². The molecule has 1 aliphatic heterocycles. The molecule has 1 saturated heterocycles. The van der Waals surface area contributed by atoms with Gasteiger partial charge in [-0.25, -0.2) is 4.98 Å². The van der Waals surface area contributed by atoms with Crippen LogP contribution in [0.4, 0.5) is 0 Å². The fraction of sp³-hybridized carbons (Fsp3) is 0.333. The lowest BCUT2D eigenvalue weighted by molar-refractivity contribution is 0.0475. The Balaban J connectivity index is 2.02. The van der Waals surface area contributed by atoms with E-state index in [1.807, 2.05) is 24.3 Å². The van der Waals surface area contributed by atoms with Crippen LogP contribution in [-0.2, 0) is 0 Å². The number of likely N-dealkylation sites (tertiary alicyclic amines) is 1. The SMILES string of the molecule is O=C(c1cc(Cl)nc2ccccc12)N1CCCC(O)C1. The number of fused-ring (bicyclic) bond motifs is 1. The molecule has 1 N–H and O–H groups in total. The minimum atomic E-state index is -0.434. The molecule has 1 aromatic heterocycles. The van der Waals surface area contributed by atoms with Crippen molar-refractivity contribution in [3.8, 4) is 0 Å². The van der Waals surface area contributed by atoms with Crippen LogP contribution in [0, 0.1) is 0 Å². The van der Waals surface area contributed by atoms with Crippen molar-refractivity contribution in [2.75, 3.05) is 13.1 Å². The summed E-state index contributed by atoms with van der Waals surface area (Å²) in [6.45, 7) is 1.05. The fourth-order valence-corrected chi connectivity index (χ4v) is 2.83. The van der Waals surface area contributed by atoms with Gasteiger partial charge in [0, 0.05) is 18.5 Å². The number of rotatable bonds is 1. The molecule has 3 rings (SSSR count). The van der Waals surface area contributed by atoms with Crippen molar-refractivity contribution < 1.29 is 9.90 Å². The maximum atomic E-state index is 12.6. The minimum absolute atomic E-state index is 0.0933. The lowest BCUT2D eigenvalue weighted by Crippen LogP contribution is -2.42. The molecule has 20 heavy (non-hydrogen) atoms. The van der Waals surface area contributed by atoms with Crippen LogP contribution in [0.25, 0.3) is 10.9 Å². The number of hydrogen-bond donors (Lipinski definition) is 1. The zero-order valence-electron chi connectivity index (χ0n) is 10.9. The fourth-order valence-electron chi connectivity index (χ4n) is 2.63. The monoisotopic (exact) mass is 290 g/mol. The van der Waals surface area contributed by atoms with Gasteiger partial charge in [0.15, 0.2) is 0 Å². The van der Waals surface area contributed by atoms with Crippen molar-refractivity contribution in [2.45, 2.75) is 18.9 Å². The molecular formula is C15H15ClN2O2. The van der Waals surface area contributed by atoms with Crippen LogP contribution in [0.1, 0.15) is 23.2 Å². The summed E-state index contributed by atoms with van der Waals surface area (Å²) in [6, 6.07) is 9.05. The molecule has 1 fully saturated rings. The van der Waals surface area contributed by atoms with Crippen molar-refractivity contribution in [1.29, 1.82) is 0 Å². The summed E-state index contributed by atoms with van der Waals surface area (Å²) in [6.07, 6.45) is 1.14. The highest BCUT2D eigenvalue weighted by atomic mass is 35.5. The van der Waals surface area contributed by atoms with E-state index in [-0.39, 0.29) is 5.91 Å². The Morgan fingerprint density at radius 1 is 1.40 bits per heavy atom. The molecular weight excluding hydrogens is 276 g/mol. The van der Waals surface area contributed by atoms with Gasteiger partial charge in [-0.2, -0.15) is 0 Å². The number of hydrogen-bond acceptors (Lipinski definition) is 3. The van der Waals surface area contributed by atoms with Crippen molar-refractivity contribution in [3.63, 3.8) is 0 Å². The summed E-state index contributed by atoms with van der Waals surface area (Å²) in [4.78, 5) is 18.6. The molecule has 2 heterocycles. The molecule has 2 aromatic rings. The Hall–Kier alpha value is -1.65. The number of nitrogens with zero attached hydrogens (tertiary/aromatic N) is 2. The maximum Gasteiger partial charge on any atom is 0.254 e. The van der Waals surface area contributed by atoms with E-state index in [1.54, 1.807) is 11.0 Å². The summed E-state index contributed by atoms with van der Waals surface area (Å²) in [5.41, 5.74) is 1.26. The summed E-state index contributed by atoms with van der Waals surface area (Å²) >= 11 is 6.00. The standard InChI is InChI=1S/C15H15ClN2O2/c16-14-8-12(11-5-1-2-6-13(11)17-14)15(20)18-7-3-4-10(19)9-18/h1-2,5-6,8,10,19H,3-4,7,9H2. The summed E-state index contributed by atoms with van der Waals surface area (Å²) in [5, 5.41) is 10.8. The average molecular weight is 291 g/mol. The second kappa shape index (κ2) is 5.38. The molecule has 4 nitrogen and oxygen atoms in total. The van der Waals surface area contributed by atoms with Gasteiger partial charge in [-0.3, -0.25) is 4.79 Å². The number of halogens is 1. The smallest absolute Gasteiger partial charge is 0.254 e. The third kappa shape index (κ3) is 2.49. The van der Waals surface area contributed by atoms with E-state index in [2.05, 4.69) is 4.98 Å². The Kier molecular flexibility index (Phi) is 3.59. The number of benzene rings is 1. The minimum Gasteiger partial charge on any atom is -0.391 e. The second-order valence-corrected chi connectivity index (χ2v) is 5.44. The van der Waals surface area contributed by atoms with E-state index in [0.717, 1.165) is 18.2 Å². The molecule has 0 spiro atoms. The van der Waals surface area contributed by atoms with Crippen LogP contribution < -0.4 is 0 Å². The maximum absolute atomic E-state index is 12.6. The molecule has 1 amide bonds. The first-order valence-electron chi connectivity index (χ1n) is 6.68. The molecule has 0 saturated carbocycles. The van der Waals surface area contributed by atoms with Crippen molar-refractivity contribution in [2.24, 2.45) is 0 Å². The lowest BCUT2D eigenvalue weighted by Gasteiger charge is -2.30. The molecule has 5 heteroatoms. The van der Waals surface area contributed by atoms with Crippen LogP contribution in [0.2, 0.25) is 5.15 Å². The van der Waals surface area contributed by atoms with Gasteiger partial charge < -0.3 is 10.0 Å². The number of pyridine rings is 1. The number of amides is 1. The number of carbonyl (C=O) groups excluding carboxylic acids is 1. The van der Waals surface area contributed by atoms with Crippen LogP contribution in [0.3, 0.4) is 0 Å². The third-order valence-corrected chi connectivity index (χ3v) is 3.79. The first-order valence-corrected chi connectivity index (χ1v) is 7.05. The van der Waals surface area contributed by atoms with Gasteiger partial charge in [-0.15, -0.1) is 0 Å². The van der Waals surface area contributed by atoms with Crippen LogP contribution >= 0.6 is 11.6 Å². The van der Waals surface area contributed by atoms with Gasteiger partial charge in [0.25, 0.3) is 5.91 Å². The van der Waals surface area contributed by atoms with Crippen molar-refractivity contribution in [3.05, 3.63) is 41.0 Å². The molecule has 1 unspecified atom stereocenters. The zero-order valence-corrected chi connectivity index (χ0v) is 11.7. The number of aliphatic hydroxyl groups excluding tert-OH is 1. The topological polar surface area (TPSA) is 53.4 Å². The molecule has 1 aliphatic rings. The van der Waals surface area contributed by atoms with Gasteiger partial charge in [0.2, 0.25) is 0 Å². The molecule has 0 radical (unpaired) electrons. The van der Waals surface area contributed by atoms with Gasteiger partial charge in [0.1, 0.15) is 5.15 Å². The van der Waals surface area contributed by atoms with Crippen LogP contribution in [0.5, 0.6) is 0 Å². The number of para-hydroxylation sites is 1.